The van der Waals surface area contributed by atoms with Crippen LogP contribution in [0.4, 0.5) is 0 Å². The van der Waals surface area contributed by atoms with Crippen molar-refractivity contribution in [1.29, 1.82) is 0 Å². The summed E-state index contributed by atoms with van der Waals surface area (Å²) in [6.45, 7) is 5.77. The molecular formula is C8H12N2. The average Bonchev–Trinajstić information content (AvgIpc) is 1.95. The summed E-state index contributed by atoms with van der Waals surface area (Å²) < 4.78 is 0. The quantitative estimate of drug-likeness (QED) is 0.555. The average molecular weight is 136 g/mol. The van der Waals surface area contributed by atoms with E-state index in [4.69, 9.17) is 0 Å². The molecule has 1 aromatic rings. The fourth-order valence-electron chi connectivity index (χ4n) is 0.719. The first-order valence-electron chi connectivity index (χ1n) is 3.37. The van der Waals surface area contributed by atoms with Crippen LogP contribution in [0.25, 0.3) is 12.7 Å². The van der Waals surface area contributed by atoms with Gasteiger partial charge in [0.1, 0.15) is 0 Å². The number of hydrogen-bond acceptors (Lipinski definition) is 0. The van der Waals surface area contributed by atoms with E-state index >= 15 is 0 Å². The monoisotopic (exact) mass is 136 g/mol. The molecule has 10 heavy (non-hydrogen) atoms. The fourth-order valence-corrected chi connectivity index (χ4v) is 0.719. The van der Waals surface area contributed by atoms with Crippen molar-refractivity contribution >= 4 is 12.7 Å². The molecule has 0 amide bonds. The van der Waals surface area contributed by atoms with Crippen LogP contribution in [-0.2, 0) is 0 Å². The second kappa shape index (κ2) is 3.11. The van der Waals surface area contributed by atoms with Gasteiger partial charge in [-0.25, -0.2) is 0 Å². The van der Waals surface area contributed by atoms with Gasteiger partial charge >= 0.3 is 0 Å². The van der Waals surface area contributed by atoms with E-state index in [1.54, 1.807) is 0 Å². The van der Waals surface area contributed by atoms with Gasteiger partial charge in [-0.15, -0.1) is 0 Å². The van der Waals surface area contributed by atoms with Crippen molar-refractivity contribution in [1.82, 2.24) is 10.2 Å². The van der Waals surface area contributed by atoms with Crippen LogP contribution in [0.3, 0.4) is 0 Å². The summed E-state index contributed by atoms with van der Waals surface area (Å²) in [5.74, 6) is 0. The van der Waals surface area contributed by atoms with E-state index in [9.17, 15) is 0 Å². The van der Waals surface area contributed by atoms with Crippen LogP contribution in [-0.4, -0.2) is 10.2 Å². The van der Waals surface area contributed by atoms with Crippen LogP contribution >= 0.6 is 0 Å². The maximum atomic E-state index is 3.75. The van der Waals surface area contributed by atoms with E-state index < -0.39 is 0 Å². The first-order valence-corrected chi connectivity index (χ1v) is 3.37. The van der Waals surface area contributed by atoms with Crippen molar-refractivity contribution < 1.29 is 0 Å². The van der Waals surface area contributed by atoms with Gasteiger partial charge in [0.15, 0.2) is 0 Å². The lowest BCUT2D eigenvalue weighted by atomic mass is 10.3. The number of allylic oxidation sites excluding steroid dienone is 2. The van der Waals surface area contributed by atoms with Gasteiger partial charge in [0.25, 0.3) is 0 Å². The molecule has 2 nitrogen and oxygen atoms in total. The van der Waals surface area contributed by atoms with Gasteiger partial charge in [-0.2, -0.15) is 0 Å². The lowest BCUT2D eigenvalue weighted by molar-refractivity contribution is 0.867. The molecule has 0 saturated carbocycles. The highest BCUT2D eigenvalue weighted by molar-refractivity contribution is 5.22. The van der Waals surface area contributed by atoms with E-state index in [1.807, 2.05) is 13.0 Å². The number of aromatic nitrogens is 2. The molecule has 2 heteroatoms. The van der Waals surface area contributed by atoms with E-state index in [-0.39, 0.29) is 0 Å². The molecule has 0 atom stereocenters. The van der Waals surface area contributed by atoms with Crippen molar-refractivity contribution in [2.75, 3.05) is 0 Å². The molecule has 0 unspecified atom stereocenters. The molecule has 1 rings (SSSR count). The van der Waals surface area contributed by atoms with Gasteiger partial charge in [0, 0.05) is 0 Å². The minimum atomic E-state index is 0.972. The molecule has 2 N–H and O–H groups in total. The van der Waals surface area contributed by atoms with Crippen molar-refractivity contribution in [2.24, 2.45) is 0 Å². The Morgan fingerprint density at radius 3 is 2.70 bits per heavy atom. The van der Waals surface area contributed by atoms with E-state index in [1.165, 1.54) is 0 Å². The Kier molecular flexibility index (Phi) is 2.15. The molecule has 0 radical (unpaired) electrons. The molecule has 0 aliphatic carbocycles. The van der Waals surface area contributed by atoms with E-state index in [2.05, 4.69) is 28.9 Å². The van der Waals surface area contributed by atoms with Gasteiger partial charge in [-0.3, -0.25) is 10.2 Å². The van der Waals surface area contributed by atoms with Crippen molar-refractivity contribution in [2.45, 2.75) is 13.3 Å². The van der Waals surface area contributed by atoms with Crippen LogP contribution < -0.4 is 10.7 Å². The molecular weight excluding hydrogens is 124 g/mol. The molecule has 0 bridgehead atoms. The zero-order valence-electron chi connectivity index (χ0n) is 6.15. The normalized spacial score (nSPS) is 13.5. The molecule has 54 valence electrons. The van der Waals surface area contributed by atoms with Gasteiger partial charge in [0.05, 0.1) is 10.7 Å². The highest BCUT2D eigenvalue weighted by Crippen LogP contribution is 1.80. The van der Waals surface area contributed by atoms with Crippen molar-refractivity contribution in [3.05, 3.63) is 22.9 Å². The zero-order chi connectivity index (χ0) is 7.40. The summed E-state index contributed by atoms with van der Waals surface area (Å²) in [5, 5.41) is 7.87. The van der Waals surface area contributed by atoms with Gasteiger partial charge in [-0.05, 0) is 13.3 Å². The lowest BCUT2D eigenvalue weighted by Gasteiger charge is -1.93. The van der Waals surface area contributed by atoms with Gasteiger partial charge in [0.2, 0.25) is 0 Å². The number of hydrogen-bond donors (Lipinski definition) is 2. The Balaban J connectivity index is 2.63. The Morgan fingerprint density at radius 1 is 1.50 bits per heavy atom. The minimum absolute atomic E-state index is 0.972. The minimum Gasteiger partial charge on any atom is -0.299 e. The lowest BCUT2D eigenvalue weighted by Crippen LogP contribution is -2.38. The van der Waals surface area contributed by atoms with Crippen LogP contribution in [0.2, 0.25) is 0 Å². The predicted molar refractivity (Wildman–Crippen MR) is 43.8 cm³/mol. The van der Waals surface area contributed by atoms with Crippen LogP contribution in [0.1, 0.15) is 13.3 Å². The number of rotatable bonds is 2. The summed E-state index contributed by atoms with van der Waals surface area (Å²) >= 11 is 0. The second-order valence-electron chi connectivity index (χ2n) is 2.15. The predicted octanol–water partition coefficient (Wildman–Crippen LogP) is 0.500. The smallest absolute Gasteiger partial charge is 0.0746 e. The molecule has 0 aromatic carbocycles. The fraction of sp³-hybridized carbons (Fsp3) is 0.250. The molecule has 0 aliphatic rings. The zero-order valence-corrected chi connectivity index (χ0v) is 6.15. The third-order valence-corrected chi connectivity index (χ3v) is 1.37. The van der Waals surface area contributed by atoms with Gasteiger partial charge in [-0.1, -0.05) is 24.8 Å². The topological polar surface area (TPSA) is 31.6 Å². The van der Waals surface area contributed by atoms with Crippen LogP contribution in [0.15, 0.2) is 12.2 Å². The maximum Gasteiger partial charge on any atom is 0.0746 e. The molecule has 1 aromatic heterocycles. The van der Waals surface area contributed by atoms with E-state index in [0.29, 0.717) is 0 Å². The van der Waals surface area contributed by atoms with E-state index in [0.717, 1.165) is 17.1 Å². The summed E-state index contributed by atoms with van der Waals surface area (Å²) in [4.78, 5) is 0. The largest absolute Gasteiger partial charge is 0.299 e. The third-order valence-electron chi connectivity index (χ3n) is 1.37. The van der Waals surface area contributed by atoms with Crippen molar-refractivity contribution in [3.63, 3.8) is 0 Å². The summed E-state index contributed by atoms with van der Waals surface area (Å²) in [7, 11) is 0. The molecule has 0 saturated heterocycles. The molecule has 0 fully saturated rings. The first-order chi connectivity index (χ1) is 4.84. The number of H-pyrrole nitrogens is 2. The Hall–Kier alpha value is -1.18. The van der Waals surface area contributed by atoms with Crippen LogP contribution in [0.5, 0.6) is 0 Å². The summed E-state index contributed by atoms with van der Waals surface area (Å²) in [6.07, 6.45) is 7.20. The standard InChI is InChI=1S/C8H12N2/c1-3-4-5-6-8-7(2)9-10-8/h3-4,6,9-10H,2,5H2,1H3/b4-3?,8-6+. The van der Waals surface area contributed by atoms with Crippen molar-refractivity contribution in [3.8, 4) is 0 Å². The highest BCUT2D eigenvalue weighted by atomic mass is 15.1. The Bertz CT molecular complexity index is 300. The molecule has 1 heterocycles. The Labute approximate surface area is 59.9 Å². The molecule has 0 spiro atoms. The highest BCUT2D eigenvalue weighted by Gasteiger charge is 1.81. The second-order valence-corrected chi connectivity index (χ2v) is 2.15. The summed E-state index contributed by atoms with van der Waals surface area (Å²) in [6, 6.07) is 0. The van der Waals surface area contributed by atoms with Crippen LogP contribution in [0, 0.1) is 0 Å². The first kappa shape index (κ1) is 6.93. The summed E-state index contributed by atoms with van der Waals surface area (Å²) in [5.41, 5.74) is 0. The maximum absolute atomic E-state index is 3.75. The molecule has 0 aliphatic heterocycles. The Morgan fingerprint density at radius 2 is 2.30 bits per heavy atom. The SMILES string of the molecule is C=c1[nH][nH]/c1=C/CC=CC. The number of aromatic amines is 2. The third kappa shape index (κ3) is 1.41. The number of nitrogens with one attached hydrogen (secondary N) is 2. The van der Waals surface area contributed by atoms with Gasteiger partial charge < -0.3 is 0 Å².